The molecule has 0 unspecified atom stereocenters. The molecule has 0 aliphatic carbocycles. The molecule has 0 fully saturated rings. The minimum Gasteiger partial charge on any atom is -0.461 e. The van der Waals surface area contributed by atoms with Crippen LogP contribution < -0.4 is 0 Å². The first-order chi connectivity index (χ1) is 5.90. The zero-order valence-electron chi connectivity index (χ0n) is 7.08. The number of hydrogen-bond acceptors (Lipinski definition) is 2. The highest BCUT2D eigenvalue weighted by Gasteiger charge is 2.00. The van der Waals surface area contributed by atoms with Gasteiger partial charge in [-0.2, -0.15) is 0 Å². The van der Waals surface area contributed by atoms with Crippen LogP contribution in [-0.4, -0.2) is 4.98 Å². The van der Waals surface area contributed by atoms with Gasteiger partial charge < -0.3 is 4.42 Å². The van der Waals surface area contributed by atoms with Gasteiger partial charge in [-0.15, -0.1) is 0 Å². The molecule has 0 bridgehead atoms. The molecule has 0 N–H and O–H groups in total. The van der Waals surface area contributed by atoms with Crippen molar-refractivity contribution in [3.63, 3.8) is 0 Å². The van der Waals surface area contributed by atoms with E-state index in [9.17, 15) is 0 Å². The molecule has 0 amide bonds. The molecule has 0 aromatic carbocycles. The number of aromatic nitrogens is 1. The van der Waals surface area contributed by atoms with E-state index >= 15 is 0 Å². The Kier molecular flexibility index (Phi) is 1.82. The topological polar surface area (TPSA) is 26.0 Å². The molecule has 2 aromatic rings. The molecule has 0 saturated carbocycles. The summed E-state index contributed by atoms with van der Waals surface area (Å²) in [6.07, 6.45) is 5.71. The van der Waals surface area contributed by atoms with Gasteiger partial charge in [0, 0.05) is 24.2 Å². The van der Waals surface area contributed by atoms with Crippen molar-refractivity contribution in [1.29, 1.82) is 0 Å². The first-order valence-electron chi connectivity index (χ1n) is 4.22. The van der Waals surface area contributed by atoms with Crippen LogP contribution in [-0.2, 0) is 6.42 Å². The van der Waals surface area contributed by atoms with Crippen molar-refractivity contribution in [2.45, 2.75) is 19.8 Å². The van der Waals surface area contributed by atoms with E-state index in [4.69, 9.17) is 4.42 Å². The molecule has 0 atom stereocenters. The van der Waals surface area contributed by atoms with Gasteiger partial charge in [0.2, 0.25) is 0 Å². The minimum absolute atomic E-state index is 0.938. The van der Waals surface area contributed by atoms with Gasteiger partial charge in [0.05, 0.1) is 0 Å². The van der Waals surface area contributed by atoms with Crippen LogP contribution in [0.5, 0.6) is 0 Å². The van der Waals surface area contributed by atoms with Gasteiger partial charge in [0.1, 0.15) is 11.3 Å². The Labute approximate surface area is 71.2 Å². The van der Waals surface area contributed by atoms with Crippen molar-refractivity contribution in [3.05, 3.63) is 30.3 Å². The van der Waals surface area contributed by atoms with Crippen molar-refractivity contribution >= 4 is 11.0 Å². The van der Waals surface area contributed by atoms with Gasteiger partial charge in [-0.25, -0.2) is 0 Å². The summed E-state index contributed by atoms with van der Waals surface area (Å²) in [5, 5.41) is 1.10. The number of hydrogen-bond donors (Lipinski definition) is 0. The molecule has 0 aliphatic heterocycles. The highest BCUT2D eigenvalue weighted by Crippen LogP contribution is 2.18. The predicted octanol–water partition coefficient (Wildman–Crippen LogP) is 2.78. The smallest absolute Gasteiger partial charge is 0.137 e. The lowest BCUT2D eigenvalue weighted by Crippen LogP contribution is -1.74. The van der Waals surface area contributed by atoms with E-state index in [1.165, 1.54) is 0 Å². The van der Waals surface area contributed by atoms with Crippen LogP contribution in [0.2, 0.25) is 0 Å². The molecule has 2 aromatic heterocycles. The van der Waals surface area contributed by atoms with Crippen LogP contribution in [0.15, 0.2) is 28.9 Å². The first-order valence-corrected chi connectivity index (χ1v) is 4.22. The third-order valence-corrected chi connectivity index (χ3v) is 1.86. The standard InChI is InChI=1S/C10H11NO/c1-2-3-9-6-8-7-11-5-4-10(8)12-9/h4-7H,2-3H2,1H3. The van der Waals surface area contributed by atoms with Gasteiger partial charge in [0.15, 0.2) is 0 Å². The van der Waals surface area contributed by atoms with E-state index < -0.39 is 0 Å². The fraction of sp³-hybridized carbons (Fsp3) is 0.300. The molecule has 62 valence electrons. The zero-order chi connectivity index (χ0) is 8.39. The van der Waals surface area contributed by atoms with Gasteiger partial charge in [-0.3, -0.25) is 4.98 Å². The lowest BCUT2D eigenvalue weighted by atomic mass is 10.2. The third-order valence-electron chi connectivity index (χ3n) is 1.86. The Morgan fingerprint density at radius 3 is 3.17 bits per heavy atom. The third kappa shape index (κ3) is 1.20. The van der Waals surface area contributed by atoms with E-state index in [0.717, 1.165) is 29.6 Å². The summed E-state index contributed by atoms with van der Waals surface area (Å²) in [5.41, 5.74) is 0.938. The number of aryl methyl sites for hydroxylation is 1. The van der Waals surface area contributed by atoms with E-state index in [1.54, 1.807) is 6.20 Å². The molecule has 2 nitrogen and oxygen atoms in total. The molecule has 2 heterocycles. The van der Waals surface area contributed by atoms with Gasteiger partial charge >= 0.3 is 0 Å². The maximum atomic E-state index is 5.57. The Morgan fingerprint density at radius 2 is 2.42 bits per heavy atom. The van der Waals surface area contributed by atoms with Crippen LogP contribution in [0.25, 0.3) is 11.0 Å². The summed E-state index contributed by atoms with van der Waals surface area (Å²) in [5.74, 6) is 1.06. The van der Waals surface area contributed by atoms with Crippen molar-refractivity contribution in [2.24, 2.45) is 0 Å². The lowest BCUT2D eigenvalue weighted by Gasteiger charge is -1.87. The van der Waals surface area contributed by atoms with E-state index in [2.05, 4.69) is 18.0 Å². The zero-order valence-corrected chi connectivity index (χ0v) is 7.08. The Balaban J connectivity index is 2.47. The summed E-state index contributed by atoms with van der Waals surface area (Å²) in [6, 6.07) is 3.96. The van der Waals surface area contributed by atoms with Crippen LogP contribution in [0, 0.1) is 0 Å². The number of fused-ring (bicyclic) bond motifs is 1. The van der Waals surface area contributed by atoms with Crippen molar-refractivity contribution in [2.75, 3.05) is 0 Å². The maximum Gasteiger partial charge on any atom is 0.137 e. The number of rotatable bonds is 2. The Hall–Kier alpha value is -1.31. The van der Waals surface area contributed by atoms with Crippen molar-refractivity contribution in [3.8, 4) is 0 Å². The average molecular weight is 161 g/mol. The van der Waals surface area contributed by atoms with Crippen LogP contribution in [0.1, 0.15) is 19.1 Å². The molecule has 0 saturated heterocycles. The highest BCUT2D eigenvalue weighted by molar-refractivity contribution is 5.76. The van der Waals surface area contributed by atoms with Crippen LogP contribution in [0.4, 0.5) is 0 Å². The van der Waals surface area contributed by atoms with Gasteiger partial charge in [0.25, 0.3) is 0 Å². The normalized spacial score (nSPS) is 10.8. The minimum atomic E-state index is 0.938. The number of furan rings is 1. The largest absolute Gasteiger partial charge is 0.461 e. The molecule has 0 aliphatic rings. The maximum absolute atomic E-state index is 5.57. The highest BCUT2D eigenvalue weighted by atomic mass is 16.3. The number of nitrogens with zero attached hydrogens (tertiary/aromatic N) is 1. The molecule has 0 radical (unpaired) electrons. The predicted molar refractivity (Wildman–Crippen MR) is 48.0 cm³/mol. The molecule has 0 spiro atoms. The molecular formula is C10H11NO. The lowest BCUT2D eigenvalue weighted by molar-refractivity contribution is 0.544. The second-order valence-electron chi connectivity index (χ2n) is 2.88. The Bertz CT molecular complexity index is 345. The fourth-order valence-corrected chi connectivity index (χ4v) is 1.31. The summed E-state index contributed by atoms with van der Waals surface area (Å²) in [7, 11) is 0. The van der Waals surface area contributed by atoms with Crippen molar-refractivity contribution in [1.82, 2.24) is 4.98 Å². The second-order valence-corrected chi connectivity index (χ2v) is 2.88. The molecule has 2 rings (SSSR count). The number of pyridine rings is 1. The van der Waals surface area contributed by atoms with Crippen molar-refractivity contribution < 1.29 is 4.42 Å². The average Bonchev–Trinajstić information content (AvgIpc) is 2.47. The molecular weight excluding hydrogens is 150 g/mol. The monoisotopic (exact) mass is 161 g/mol. The van der Waals surface area contributed by atoms with Crippen LogP contribution >= 0.6 is 0 Å². The van der Waals surface area contributed by atoms with Gasteiger partial charge in [-0.1, -0.05) is 6.92 Å². The summed E-state index contributed by atoms with van der Waals surface area (Å²) < 4.78 is 5.57. The van der Waals surface area contributed by atoms with E-state index in [0.29, 0.717) is 0 Å². The van der Waals surface area contributed by atoms with Gasteiger partial charge in [-0.05, 0) is 18.6 Å². The molecule has 12 heavy (non-hydrogen) atoms. The second kappa shape index (κ2) is 2.97. The quantitative estimate of drug-likeness (QED) is 0.676. The SMILES string of the molecule is CCCc1cc2cnccc2o1. The summed E-state index contributed by atoms with van der Waals surface area (Å²) in [4.78, 5) is 4.03. The van der Waals surface area contributed by atoms with E-state index in [-0.39, 0.29) is 0 Å². The Morgan fingerprint density at radius 1 is 1.50 bits per heavy atom. The molecule has 2 heteroatoms. The first kappa shape index (κ1) is 7.35. The fourth-order valence-electron chi connectivity index (χ4n) is 1.31. The summed E-state index contributed by atoms with van der Waals surface area (Å²) >= 11 is 0. The van der Waals surface area contributed by atoms with E-state index in [1.807, 2.05) is 12.3 Å². The van der Waals surface area contributed by atoms with Crippen LogP contribution in [0.3, 0.4) is 0 Å². The summed E-state index contributed by atoms with van der Waals surface area (Å²) in [6.45, 7) is 2.14.